The van der Waals surface area contributed by atoms with Crippen molar-refractivity contribution in [2.24, 2.45) is 0 Å². The molecule has 2 rings (SSSR count). The largest absolute Gasteiger partial charge is 0.481 e. The number of rotatable bonds is 8. The third-order valence-corrected chi connectivity index (χ3v) is 3.86. The van der Waals surface area contributed by atoms with Crippen LogP contribution in [0.2, 0.25) is 0 Å². The molecule has 146 valence electrons. The van der Waals surface area contributed by atoms with E-state index in [0.717, 1.165) is 30.9 Å². The first kappa shape index (κ1) is 22.3. The van der Waals surface area contributed by atoms with E-state index in [0.29, 0.717) is 6.54 Å². The third-order valence-electron chi connectivity index (χ3n) is 3.86. The third kappa shape index (κ3) is 9.48. The Morgan fingerprint density at radius 2 is 1.70 bits per heavy atom. The van der Waals surface area contributed by atoms with Crippen molar-refractivity contribution in [1.82, 2.24) is 5.32 Å². The zero-order chi connectivity index (χ0) is 20.2. The van der Waals surface area contributed by atoms with Crippen LogP contribution in [0.25, 0.3) is 0 Å². The van der Waals surface area contributed by atoms with Crippen LogP contribution >= 0.6 is 0 Å². The Bertz CT molecular complexity index is 700. The predicted molar refractivity (Wildman–Crippen MR) is 104 cm³/mol. The molecule has 7 heteroatoms. The molecule has 0 saturated heterocycles. The molecule has 7 nitrogen and oxygen atoms in total. The monoisotopic (exact) mass is 374 g/mol. The molecule has 0 saturated carbocycles. The van der Waals surface area contributed by atoms with E-state index in [9.17, 15) is 15.2 Å². The predicted octanol–water partition coefficient (Wildman–Crippen LogP) is 3.33. The van der Waals surface area contributed by atoms with Crippen LogP contribution in [0, 0.1) is 10.1 Å². The minimum absolute atomic E-state index is 0.117. The lowest BCUT2D eigenvalue weighted by Gasteiger charge is -2.17. The second kappa shape index (κ2) is 11.8. The van der Waals surface area contributed by atoms with Gasteiger partial charge in [0.05, 0.1) is 11.0 Å². The number of nitrogens with one attached hydrogen (secondary N) is 1. The molecular weight excluding hydrogens is 348 g/mol. The van der Waals surface area contributed by atoms with Gasteiger partial charge in [0.1, 0.15) is 0 Å². The quantitative estimate of drug-likeness (QED) is 0.482. The van der Waals surface area contributed by atoms with Crippen molar-refractivity contribution in [1.29, 1.82) is 0 Å². The highest BCUT2D eigenvalue weighted by atomic mass is 16.6. The molecule has 0 radical (unpaired) electrons. The van der Waals surface area contributed by atoms with Gasteiger partial charge in [0.2, 0.25) is 0 Å². The number of nitro benzene ring substituents is 1. The first-order valence-electron chi connectivity index (χ1n) is 8.69. The number of aliphatic hydroxyl groups is 1. The van der Waals surface area contributed by atoms with Crippen molar-refractivity contribution in [2.45, 2.75) is 38.8 Å². The van der Waals surface area contributed by atoms with Crippen molar-refractivity contribution in [2.75, 3.05) is 6.54 Å². The topological polar surface area (TPSA) is 113 Å². The van der Waals surface area contributed by atoms with Crippen molar-refractivity contribution >= 4 is 11.7 Å². The molecule has 27 heavy (non-hydrogen) atoms. The Kier molecular flexibility index (Phi) is 9.71. The van der Waals surface area contributed by atoms with Crippen LogP contribution in [-0.2, 0) is 11.2 Å². The first-order valence-corrected chi connectivity index (χ1v) is 8.69. The van der Waals surface area contributed by atoms with Crippen LogP contribution in [-0.4, -0.2) is 33.7 Å². The van der Waals surface area contributed by atoms with E-state index in [2.05, 4.69) is 12.2 Å². The number of aryl methyl sites for hydroxylation is 1. The van der Waals surface area contributed by atoms with E-state index in [4.69, 9.17) is 9.90 Å². The molecule has 0 heterocycles. The van der Waals surface area contributed by atoms with Crippen LogP contribution in [0.4, 0.5) is 5.69 Å². The summed E-state index contributed by atoms with van der Waals surface area (Å²) in [7, 11) is 0. The molecule has 0 aliphatic carbocycles. The fourth-order valence-corrected chi connectivity index (χ4v) is 2.38. The summed E-state index contributed by atoms with van der Waals surface area (Å²) < 4.78 is 0. The fourth-order valence-electron chi connectivity index (χ4n) is 2.38. The van der Waals surface area contributed by atoms with E-state index < -0.39 is 12.1 Å². The van der Waals surface area contributed by atoms with Gasteiger partial charge in [-0.05, 0) is 30.9 Å². The summed E-state index contributed by atoms with van der Waals surface area (Å²) in [4.78, 5) is 19.2. The summed E-state index contributed by atoms with van der Waals surface area (Å²) in [5, 5.41) is 31.5. The highest BCUT2D eigenvalue weighted by Gasteiger charge is 2.09. The first-order chi connectivity index (χ1) is 12.8. The molecule has 0 spiro atoms. The number of aliphatic hydroxyl groups excluding tert-OH is 1. The highest BCUT2D eigenvalue weighted by Crippen LogP contribution is 2.14. The summed E-state index contributed by atoms with van der Waals surface area (Å²) in [6.07, 6.45) is 1.23. The van der Waals surface area contributed by atoms with E-state index in [-0.39, 0.29) is 16.7 Å². The second-order valence-corrected chi connectivity index (χ2v) is 6.22. The van der Waals surface area contributed by atoms with Crippen molar-refractivity contribution in [3.8, 4) is 0 Å². The summed E-state index contributed by atoms with van der Waals surface area (Å²) in [6.45, 7) is 3.66. The maximum Gasteiger partial charge on any atom is 0.300 e. The Morgan fingerprint density at radius 1 is 1.15 bits per heavy atom. The average molecular weight is 374 g/mol. The number of nitrogens with zero attached hydrogens (tertiary/aromatic N) is 1. The second-order valence-electron chi connectivity index (χ2n) is 6.22. The number of nitro groups is 1. The van der Waals surface area contributed by atoms with Crippen molar-refractivity contribution < 1.29 is 19.9 Å². The van der Waals surface area contributed by atoms with Gasteiger partial charge in [-0.25, -0.2) is 0 Å². The van der Waals surface area contributed by atoms with Crippen LogP contribution < -0.4 is 5.32 Å². The number of carboxylic acids is 1. The smallest absolute Gasteiger partial charge is 0.300 e. The lowest BCUT2D eigenvalue weighted by molar-refractivity contribution is -0.384. The minimum atomic E-state index is -0.833. The molecule has 0 fully saturated rings. The van der Waals surface area contributed by atoms with Crippen LogP contribution in [0.3, 0.4) is 0 Å². The number of aliphatic carboxylic acids is 1. The molecule has 0 amide bonds. The molecule has 0 aliphatic rings. The number of hydrogen-bond donors (Lipinski definition) is 3. The van der Waals surface area contributed by atoms with Gasteiger partial charge in [-0.3, -0.25) is 14.9 Å². The van der Waals surface area contributed by atoms with E-state index in [1.165, 1.54) is 12.1 Å². The number of hydrogen-bond acceptors (Lipinski definition) is 5. The highest BCUT2D eigenvalue weighted by molar-refractivity contribution is 5.62. The molecule has 0 aromatic heterocycles. The van der Waals surface area contributed by atoms with Gasteiger partial charge < -0.3 is 15.5 Å². The zero-order valence-corrected chi connectivity index (χ0v) is 15.5. The molecule has 2 atom stereocenters. The Balaban J connectivity index is 0.000000828. The number of benzene rings is 2. The fraction of sp³-hybridized carbons (Fsp3) is 0.350. The van der Waals surface area contributed by atoms with Gasteiger partial charge in [-0.15, -0.1) is 0 Å². The normalized spacial score (nSPS) is 12.4. The molecule has 0 aliphatic heterocycles. The van der Waals surface area contributed by atoms with E-state index in [1.807, 2.05) is 30.3 Å². The van der Waals surface area contributed by atoms with Gasteiger partial charge in [0.25, 0.3) is 11.7 Å². The maximum absolute atomic E-state index is 10.6. The van der Waals surface area contributed by atoms with Crippen molar-refractivity contribution in [3.63, 3.8) is 0 Å². The Morgan fingerprint density at radius 3 is 2.22 bits per heavy atom. The zero-order valence-electron chi connectivity index (χ0n) is 15.5. The van der Waals surface area contributed by atoms with Crippen molar-refractivity contribution in [3.05, 3.63) is 75.8 Å². The summed E-state index contributed by atoms with van der Waals surface area (Å²) >= 11 is 0. The lowest BCUT2D eigenvalue weighted by Crippen LogP contribution is -2.30. The van der Waals surface area contributed by atoms with Crippen LogP contribution in [0.5, 0.6) is 0 Å². The Labute approximate surface area is 158 Å². The molecule has 2 aromatic carbocycles. The summed E-state index contributed by atoms with van der Waals surface area (Å²) in [5.74, 6) is -0.833. The molecule has 2 unspecified atom stereocenters. The van der Waals surface area contributed by atoms with Gasteiger partial charge in [0.15, 0.2) is 0 Å². The minimum Gasteiger partial charge on any atom is -0.481 e. The summed E-state index contributed by atoms with van der Waals surface area (Å²) in [5.41, 5.74) is 2.10. The van der Waals surface area contributed by atoms with E-state index >= 15 is 0 Å². The van der Waals surface area contributed by atoms with Crippen LogP contribution in [0.15, 0.2) is 54.6 Å². The van der Waals surface area contributed by atoms with E-state index in [1.54, 1.807) is 12.1 Å². The summed E-state index contributed by atoms with van der Waals surface area (Å²) in [6, 6.07) is 16.5. The molecule has 3 N–H and O–H groups in total. The SMILES string of the molecule is CC(=O)O.CC(CCc1ccc([N+](=O)[O-])cc1)NCC(O)c1ccccc1. The average Bonchev–Trinajstić information content (AvgIpc) is 2.65. The number of carbonyl (C=O) groups is 1. The number of carboxylic acid groups (broad SMARTS) is 1. The lowest BCUT2D eigenvalue weighted by atomic mass is 10.0. The van der Waals surface area contributed by atoms with Gasteiger partial charge in [-0.1, -0.05) is 42.5 Å². The van der Waals surface area contributed by atoms with Gasteiger partial charge >= 0.3 is 0 Å². The molecule has 2 aromatic rings. The Hall–Kier alpha value is -2.77. The number of non-ortho nitro benzene ring substituents is 1. The van der Waals surface area contributed by atoms with Gasteiger partial charge in [-0.2, -0.15) is 0 Å². The molecular formula is C20H26N2O5. The maximum atomic E-state index is 10.6. The van der Waals surface area contributed by atoms with Crippen LogP contribution in [0.1, 0.15) is 37.5 Å². The molecule has 0 bridgehead atoms. The van der Waals surface area contributed by atoms with Gasteiger partial charge in [0, 0.05) is 31.6 Å². The standard InChI is InChI=1S/C18H22N2O3.C2H4O2/c1-14(19-13-18(21)16-5-3-2-4-6-16)7-8-15-9-11-17(12-10-15)20(22)23;1-2(3)4/h2-6,9-12,14,18-19,21H,7-8,13H2,1H3;1H3,(H,3,4).